The highest BCUT2D eigenvalue weighted by atomic mass is 32.2. The lowest BCUT2D eigenvalue weighted by molar-refractivity contribution is 0.911. The largest absolute Gasteiger partial charge is 0.333 e. The summed E-state index contributed by atoms with van der Waals surface area (Å²) in [6.07, 6.45) is 3.81. The van der Waals surface area contributed by atoms with Gasteiger partial charge < -0.3 is 5.73 Å². The molecule has 1 aromatic carbocycles. The molecule has 13 heavy (non-hydrogen) atoms. The van der Waals surface area contributed by atoms with Crippen LogP contribution in [-0.2, 0) is 12.8 Å². The van der Waals surface area contributed by atoms with Gasteiger partial charge in [0.25, 0.3) is 0 Å². The first-order valence-corrected chi connectivity index (χ1v) is 5.34. The molecule has 1 aliphatic rings. The summed E-state index contributed by atoms with van der Waals surface area (Å²) in [5, 5.41) is 5.46. The SMILES string of the molecule is CN.NSc1ccc2c(c1)CCC2. The van der Waals surface area contributed by atoms with Crippen LogP contribution < -0.4 is 10.9 Å². The Bertz CT molecular complexity index is 274. The van der Waals surface area contributed by atoms with Crippen LogP contribution in [0, 0.1) is 0 Å². The molecule has 0 spiro atoms. The minimum absolute atomic E-state index is 1.19. The predicted molar refractivity (Wildman–Crippen MR) is 58.6 cm³/mol. The molecule has 0 aliphatic heterocycles. The van der Waals surface area contributed by atoms with Gasteiger partial charge in [-0.3, -0.25) is 5.14 Å². The molecular formula is C10H16N2S. The van der Waals surface area contributed by atoms with Crippen molar-refractivity contribution >= 4 is 11.9 Å². The number of rotatable bonds is 1. The van der Waals surface area contributed by atoms with Gasteiger partial charge >= 0.3 is 0 Å². The molecule has 3 heteroatoms. The molecule has 72 valence electrons. The summed E-state index contributed by atoms with van der Waals surface area (Å²) in [5.41, 5.74) is 7.52. The zero-order valence-corrected chi connectivity index (χ0v) is 8.73. The Balaban J connectivity index is 0.000000396. The van der Waals surface area contributed by atoms with E-state index in [1.165, 1.54) is 54.3 Å². The second kappa shape index (κ2) is 5.27. The van der Waals surface area contributed by atoms with Crippen molar-refractivity contribution in [3.8, 4) is 0 Å². The number of hydrogen-bond donors (Lipinski definition) is 2. The van der Waals surface area contributed by atoms with Crippen LogP contribution in [0.3, 0.4) is 0 Å². The van der Waals surface area contributed by atoms with Crippen molar-refractivity contribution < 1.29 is 0 Å². The third-order valence-electron chi connectivity index (χ3n) is 2.21. The summed E-state index contributed by atoms with van der Waals surface area (Å²) in [5.74, 6) is 0. The Hall–Kier alpha value is -0.510. The average Bonchev–Trinajstić information content (AvgIpc) is 2.67. The molecule has 0 aromatic heterocycles. The molecule has 0 amide bonds. The van der Waals surface area contributed by atoms with E-state index in [1.807, 2.05) is 0 Å². The molecule has 4 N–H and O–H groups in total. The van der Waals surface area contributed by atoms with E-state index in [-0.39, 0.29) is 0 Å². The van der Waals surface area contributed by atoms with E-state index in [1.54, 1.807) is 0 Å². The minimum Gasteiger partial charge on any atom is -0.333 e. The van der Waals surface area contributed by atoms with Crippen molar-refractivity contribution in [3.05, 3.63) is 29.3 Å². The van der Waals surface area contributed by atoms with E-state index < -0.39 is 0 Å². The van der Waals surface area contributed by atoms with Gasteiger partial charge in [-0.25, -0.2) is 0 Å². The van der Waals surface area contributed by atoms with Crippen molar-refractivity contribution in [2.45, 2.75) is 24.2 Å². The van der Waals surface area contributed by atoms with Crippen LogP contribution in [0.2, 0.25) is 0 Å². The third kappa shape index (κ3) is 2.46. The normalized spacial score (nSPS) is 13.2. The van der Waals surface area contributed by atoms with Crippen LogP contribution in [0.4, 0.5) is 0 Å². The molecule has 0 saturated heterocycles. The van der Waals surface area contributed by atoms with E-state index in [4.69, 9.17) is 5.14 Å². The molecule has 2 nitrogen and oxygen atoms in total. The van der Waals surface area contributed by atoms with Gasteiger partial charge in [-0.05, 0) is 61.5 Å². The average molecular weight is 196 g/mol. The summed E-state index contributed by atoms with van der Waals surface area (Å²) in [6.45, 7) is 0. The van der Waals surface area contributed by atoms with E-state index in [9.17, 15) is 0 Å². The molecule has 0 unspecified atom stereocenters. The molecule has 1 aliphatic carbocycles. The number of aryl methyl sites for hydroxylation is 2. The molecule has 0 radical (unpaired) electrons. The lowest BCUT2D eigenvalue weighted by Crippen LogP contribution is -1.84. The topological polar surface area (TPSA) is 52.0 Å². The second-order valence-corrected chi connectivity index (χ2v) is 3.61. The smallest absolute Gasteiger partial charge is 0.0228 e. The summed E-state index contributed by atoms with van der Waals surface area (Å²) in [4.78, 5) is 1.19. The first-order chi connectivity index (χ1) is 6.40. The highest BCUT2D eigenvalue weighted by Gasteiger charge is 2.09. The monoisotopic (exact) mass is 196 g/mol. The van der Waals surface area contributed by atoms with Crippen LogP contribution in [0.5, 0.6) is 0 Å². The highest BCUT2D eigenvalue weighted by Crippen LogP contribution is 2.25. The zero-order valence-electron chi connectivity index (χ0n) is 7.92. The fourth-order valence-electron chi connectivity index (χ4n) is 1.62. The van der Waals surface area contributed by atoms with Gasteiger partial charge in [0.05, 0.1) is 0 Å². The first-order valence-electron chi connectivity index (χ1n) is 4.46. The number of nitrogens with two attached hydrogens (primary N) is 2. The Morgan fingerprint density at radius 2 is 1.85 bits per heavy atom. The van der Waals surface area contributed by atoms with E-state index in [2.05, 4.69) is 23.9 Å². The van der Waals surface area contributed by atoms with Gasteiger partial charge in [0.15, 0.2) is 0 Å². The van der Waals surface area contributed by atoms with Crippen molar-refractivity contribution in [1.29, 1.82) is 0 Å². The van der Waals surface area contributed by atoms with E-state index in [0.29, 0.717) is 0 Å². The molecule has 0 atom stereocenters. The van der Waals surface area contributed by atoms with Gasteiger partial charge in [-0.2, -0.15) is 0 Å². The molecule has 1 aromatic rings. The van der Waals surface area contributed by atoms with Crippen LogP contribution in [-0.4, -0.2) is 7.05 Å². The Morgan fingerprint density at radius 3 is 2.54 bits per heavy atom. The Labute approximate surface area is 83.8 Å². The lowest BCUT2D eigenvalue weighted by atomic mass is 10.1. The first kappa shape index (κ1) is 10.6. The third-order valence-corrected chi connectivity index (χ3v) is 2.73. The quantitative estimate of drug-likeness (QED) is 0.672. The van der Waals surface area contributed by atoms with Gasteiger partial charge in [0, 0.05) is 4.90 Å². The number of fused-ring (bicyclic) bond motifs is 1. The number of hydrogen-bond acceptors (Lipinski definition) is 3. The van der Waals surface area contributed by atoms with E-state index in [0.717, 1.165) is 0 Å². The standard InChI is InChI=1S/C9H11NS.CH5N/c10-11-9-5-4-7-2-1-3-8(7)6-9;1-2/h4-6H,1-3,10H2;2H2,1H3. The van der Waals surface area contributed by atoms with Crippen molar-refractivity contribution in [2.75, 3.05) is 7.05 Å². The van der Waals surface area contributed by atoms with Gasteiger partial charge in [0.1, 0.15) is 0 Å². The summed E-state index contributed by atoms with van der Waals surface area (Å²) in [7, 11) is 1.50. The van der Waals surface area contributed by atoms with Crippen LogP contribution in [0.1, 0.15) is 17.5 Å². The minimum atomic E-state index is 1.19. The van der Waals surface area contributed by atoms with Gasteiger partial charge in [-0.15, -0.1) is 0 Å². The molecular weight excluding hydrogens is 180 g/mol. The molecule has 0 saturated carbocycles. The van der Waals surface area contributed by atoms with Crippen molar-refractivity contribution in [1.82, 2.24) is 0 Å². The van der Waals surface area contributed by atoms with E-state index >= 15 is 0 Å². The zero-order chi connectivity index (χ0) is 9.68. The van der Waals surface area contributed by atoms with Crippen molar-refractivity contribution in [2.24, 2.45) is 10.9 Å². The highest BCUT2D eigenvalue weighted by molar-refractivity contribution is 7.97. The maximum Gasteiger partial charge on any atom is 0.0228 e. The number of benzene rings is 1. The lowest BCUT2D eigenvalue weighted by Gasteiger charge is -2.00. The predicted octanol–water partition coefficient (Wildman–Crippen LogP) is 1.72. The van der Waals surface area contributed by atoms with Gasteiger partial charge in [0.2, 0.25) is 0 Å². The van der Waals surface area contributed by atoms with Crippen LogP contribution >= 0.6 is 11.9 Å². The fourth-order valence-corrected chi connectivity index (χ4v) is 1.98. The maximum atomic E-state index is 5.46. The fraction of sp³-hybridized carbons (Fsp3) is 0.400. The summed E-state index contributed by atoms with van der Waals surface area (Å²) >= 11 is 1.33. The van der Waals surface area contributed by atoms with Crippen LogP contribution in [0.15, 0.2) is 23.1 Å². The summed E-state index contributed by atoms with van der Waals surface area (Å²) in [6, 6.07) is 6.53. The molecule has 0 bridgehead atoms. The Kier molecular flexibility index (Phi) is 4.28. The van der Waals surface area contributed by atoms with Crippen LogP contribution in [0.25, 0.3) is 0 Å². The maximum absolute atomic E-state index is 5.46. The summed E-state index contributed by atoms with van der Waals surface area (Å²) < 4.78 is 0. The van der Waals surface area contributed by atoms with Crippen molar-refractivity contribution in [3.63, 3.8) is 0 Å². The second-order valence-electron chi connectivity index (χ2n) is 2.90. The Morgan fingerprint density at radius 1 is 1.15 bits per heavy atom. The molecule has 0 fully saturated rings. The van der Waals surface area contributed by atoms with Gasteiger partial charge in [-0.1, -0.05) is 6.07 Å². The molecule has 2 rings (SSSR count). The molecule has 0 heterocycles.